The van der Waals surface area contributed by atoms with Gasteiger partial charge in [-0.3, -0.25) is 4.79 Å². The van der Waals surface area contributed by atoms with Gasteiger partial charge < -0.3 is 5.32 Å². The average molecular weight is 294 g/mol. The molecule has 2 aromatic rings. The van der Waals surface area contributed by atoms with Gasteiger partial charge in [0.25, 0.3) is 5.91 Å². The molecular weight excluding hydrogens is 276 g/mol. The number of aromatic nitrogens is 1. The molecule has 0 radical (unpaired) electrons. The van der Waals surface area contributed by atoms with Crippen molar-refractivity contribution in [3.8, 4) is 9.88 Å². The van der Waals surface area contributed by atoms with Gasteiger partial charge in [0.05, 0.1) is 10.6 Å². The van der Waals surface area contributed by atoms with E-state index in [-0.39, 0.29) is 11.4 Å². The highest BCUT2D eigenvalue weighted by molar-refractivity contribution is 7.22. The molecule has 5 heteroatoms. The standard InChI is InChI=1S/C14H18N2OS2/c1-5-14(3,4)16-12(17)11-9(2)15-13(19-11)10-7-6-8-18-10/h6-8H,5H2,1-4H3,(H,16,17). The van der Waals surface area contributed by atoms with Gasteiger partial charge in [-0.1, -0.05) is 13.0 Å². The third-order valence-electron chi connectivity index (χ3n) is 3.07. The average Bonchev–Trinajstić information content (AvgIpc) is 2.96. The molecule has 102 valence electrons. The maximum absolute atomic E-state index is 12.3. The first-order chi connectivity index (χ1) is 8.93. The van der Waals surface area contributed by atoms with E-state index in [1.54, 1.807) is 11.3 Å². The molecule has 1 N–H and O–H groups in total. The Balaban J connectivity index is 2.24. The molecule has 0 aliphatic heterocycles. The summed E-state index contributed by atoms with van der Waals surface area (Å²) in [6, 6.07) is 4.03. The molecule has 2 aromatic heterocycles. The molecule has 0 aromatic carbocycles. The highest BCUT2D eigenvalue weighted by Crippen LogP contribution is 2.31. The van der Waals surface area contributed by atoms with Crippen LogP contribution in [0.4, 0.5) is 0 Å². The number of carbonyl (C=O) groups is 1. The highest BCUT2D eigenvalue weighted by atomic mass is 32.1. The van der Waals surface area contributed by atoms with Gasteiger partial charge in [-0.05, 0) is 38.6 Å². The van der Waals surface area contributed by atoms with Crippen molar-refractivity contribution in [2.45, 2.75) is 39.7 Å². The van der Waals surface area contributed by atoms with Crippen LogP contribution in [0.2, 0.25) is 0 Å². The highest BCUT2D eigenvalue weighted by Gasteiger charge is 2.22. The van der Waals surface area contributed by atoms with Crippen LogP contribution in [-0.4, -0.2) is 16.4 Å². The minimum absolute atomic E-state index is 0.0235. The Hall–Kier alpha value is -1.20. The molecule has 0 atom stereocenters. The first-order valence-electron chi connectivity index (χ1n) is 6.27. The molecule has 0 fully saturated rings. The number of thiophene rings is 1. The summed E-state index contributed by atoms with van der Waals surface area (Å²) in [7, 11) is 0. The lowest BCUT2D eigenvalue weighted by Crippen LogP contribution is -2.42. The normalized spacial score (nSPS) is 11.6. The van der Waals surface area contributed by atoms with Gasteiger partial charge in [-0.2, -0.15) is 0 Å². The number of hydrogen-bond donors (Lipinski definition) is 1. The van der Waals surface area contributed by atoms with Gasteiger partial charge in [0.15, 0.2) is 0 Å². The summed E-state index contributed by atoms with van der Waals surface area (Å²) in [6.07, 6.45) is 0.897. The molecule has 1 amide bonds. The van der Waals surface area contributed by atoms with Gasteiger partial charge in [0, 0.05) is 5.54 Å². The van der Waals surface area contributed by atoms with Gasteiger partial charge in [0.2, 0.25) is 0 Å². The maximum atomic E-state index is 12.3. The topological polar surface area (TPSA) is 42.0 Å². The van der Waals surface area contributed by atoms with E-state index >= 15 is 0 Å². The Morgan fingerprint density at radius 2 is 2.21 bits per heavy atom. The van der Waals surface area contributed by atoms with E-state index in [0.29, 0.717) is 4.88 Å². The van der Waals surface area contributed by atoms with Crippen LogP contribution in [-0.2, 0) is 0 Å². The fourth-order valence-electron chi connectivity index (χ4n) is 1.57. The quantitative estimate of drug-likeness (QED) is 0.922. The van der Waals surface area contributed by atoms with Crippen molar-refractivity contribution in [2.24, 2.45) is 0 Å². The summed E-state index contributed by atoms with van der Waals surface area (Å²) in [5.74, 6) is -0.0235. The SMILES string of the molecule is CCC(C)(C)NC(=O)c1sc(-c2cccs2)nc1C. The summed E-state index contributed by atoms with van der Waals surface area (Å²) in [5, 5.41) is 6.00. The van der Waals surface area contributed by atoms with Crippen LogP contribution in [0, 0.1) is 6.92 Å². The van der Waals surface area contributed by atoms with E-state index in [2.05, 4.69) is 17.2 Å². The van der Waals surface area contributed by atoms with Gasteiger partial charge in [-0.25, -0.2) is 4.98 Å². The summed E-state index contributed by atoms with van der Waals surface area (Å²) in [6.45, 7) is 8.02. The minimum atomic E-state index is -0.184. The zero-order valence-electron chi connectivity index (χ0n) is 11.6. The molecule has 0 bridgehead atoms. The number of nitrogens with one attached hydrogen (secondary N) is 1. The molecule has 0 unspecified atom stereocenters. The molecule has 0 aliphatic carbocycles. The second kappa shape index (κ2) is 5.43. The monoisotopic (exact) mass is 294 g/mol. The fraction of sp³-hybridized carbons (Fsp3) is 0.429. The first-order valence-corrected chi connectivity index (χ1v) is 7.96. The number of amides is 1. The van der Waals surface area contributed by atoms with Crippen LogP contribution >= 0.6 is 22.7 Å². The summed E-state index contributed by atoms with van der Waals surface area (Å²) >= 11 is 3.11. The van der Waals surface area contributed by atoms with Crippen LogP contribution in [0.15, 0.2) is 17.5 Å². The van der Waals surface area contributed by atoms with Crippen molar-refractivity contribution in [3.63, 3.8) is 0 Å². The summed E-state index contributed by atoms with van der Waals surface area (Å²) in [5.41, 5.74) is 0.620. The molecule has 19 heavy (non-hydrogen) atoms. The van der Waals surface area contributed by atoms with Crippen molar-refractivity contribution in [1.82, 2.24) is 10.3 Å². The number of thiazole rings is 1. The first kappa shape index (κ1) is 14.2. The van der Waals surface area contributed by atoms with E-state index in [0.717, 1.165) is 22.0 Å². The summed E-state index contributed by atoms with van der Waals surface area (Å²) in [4.78, 5) is 18.6. The van der Waals surface area contributed by atoms with Crippen molar-refractivity contribution in [3.05, 3.63) is 28.1 Å². The molecule has 2 heterocycles. The van der Waals surface area contributed by atoms with Crippen LogP contribution < -0.4 is 5.32 Å². The van der Waals surface area contributed by atoms with Crippen LogP contribution in [0.25, 0.3) is 9.88 Å². The third-order valence-corrected chi connectivity index (χ3v) is 5.27. The predicted molar refractivity (Wildman–Crippen MR) is 82.0 cm³/mol. The van der Waals surface area contributed by atoms with Crippen molar-refractivity contribution >= 4 is 28.6 Å². The van der Waals surface area contributed by atoms with Crippen molar-refractivity contribution in [2.75, 3.05) is 0 Å². The molecule has 0 saturated heterocycles. The zero-order valence-corrected chi connectivity index (χ0v) is 13.2. The second-order valence-electron chi connectivity index (χ2n) is 5.10. The lowest BCUT2D eigenvalue weighted by atomic mass is 10.0. The van der Waals surface area contributed by atoms with E-state index in [4.69, 9.17) is 0 Å². The van der Waals surface area contributed by atoms with E-state index in [1.807, 2.05) is 38.3 Å². The number of hydrogen-bond acceptors (Lipinski definition) is 4. The summed E-state index contributed by atoms with van der Waals surface area (Å²) < 4.78 is 0. The van der Waals surface area contributed by atoms with Crippen LogP contribution in [0.5, 0.6) is 0 Å². The molecular formula is C14H18N2OS2. The largest absolute Gasteiger partial charge is 0.346 e. The Bertz CT molecular complexity index is 570. The van der Waals surface area contributed by atoms with Crippen LogP contribution in [0.1, 0.15) is 42.6 Å². The fourth-order valence-corrected chi connectivity index (χ4v) is 3.32. The number of rotatable bonds is 4. The minimum Gasteiger partial charge on any atom is -0.346 e. The maximum Gasteiger partial charge on any atom is 0.263 e. The smallest absolute Gasteiger partial charge is 0.263 e. The van der Waals surface area contributed by atoms with Gasteiger partial charge in [-0.15, -0.1) is 22.7 Å². The number of aryl methyl sites for hydroxylation is 1. The lowest BCUT2D eigenvalue weighted by molar-refractivity contribution is 0.0914. The van der Waals surface area contributed by atoms with Gasteiger partial charge in [0.1, 0.15) is 9.88 Å². The Morgan fingerprint density at radius 3 is 2.79 bits per heavy atom. The van der Waals surface area contributed by atoms with Crippen LogP contribution in [0.3, 0.4) is 0 Å². The van der Waals surface area contributed by atoms with E-state index in [1.165, 1.54) is 11.3 Å². The third kappa shape index (κ3) is 3.22. The predicted octanol–water partition coefficient (Wildman–Crippen LogP) is 4.10. The molecule has 3 nitrogen and oxygen atoms in total. The van der Waals surface area contributed by atoms with E-state index < -0.39 is 0 Å². The molecule has 0 saturated carbocycles. The zero-order chi connectivity index (χ0) is 14.0. The number of carbonyl (C=O) groups excluding carboxylic acids is 1. The van der Waals surface area contributed by atoms with E-state index in [9.17, 15) is 4.79 Å². The van der Waals surface area contributed by atoms with Gasteiger partial charge >= 0.3 is 0 Å². The Labute approximate surface area is 121 Å². The van der Waals surface area contributed by atoms with Crippen molar-refractivity contribution in [1.29, 1.82) is 0 Å². The molecule has 2 rings (SSSR count). The Morgan fingerprint density at radius 1 is 1.47 bits per heavy atom. The lowest BCUT2D eigenvalue weighted by Gasteiger charge is -2.24. The van der Waals surface area contributed by atoms with Crippen molar-refractivity contribution < 1.29 is 4.79 Å². The molecule has 0 spiro atoms. The molecule has 0 aliphatic rings. The second-order valence-corrected chi connectivity index (χ2v) is 7.05. The Kier molecular flexibility index (Phi) is 4.06. The number of nitrogens with zero attached hydrogens (tertiary/aromatic N) is 1.